The molecule has 4 aromatic rings. The number of aromatic nitrogens is 1. The zero-order chi connectivity index (χ0) is 17.2. The molecule has 1 aromatic heterocycles. The Morgan fingerprint density at radius 2 is 1.72 bits per heavy atom. The van der Waals surface area contributed by atoms with Gasteiger partial charge < -0.3 is 9.52 Å². The van der Waals surface area contributed by atoms with Crippen LogP contribution in [0.25, 0.3) is 22.2 Å². The van der Waals surface area contributed by atoms with E-state index in [1.165, 1.54) is 6.21 Å². The molecule has 0 aliphatic rings. The normalized spacial score (nSPS) is 11.4. The van der Waals surface area contributed by atoms with Crippen molar-refractivity contribution < 1.29 is 9.52 Å². The third-order valence-electron chi connectivity index (χ3n) is 3.83. The first-order valence-electron chi connectivity index (χ1n) is 7.69. The maximum absolute atomic E-state index is 10.1. The smallest absolute Gasteiger partial charge is 0.312 e. The van der Waals surface area contributed by atoms with E-state index in [0.29, 0.717) is 11.6 Å². The van der Waals surface area contributed by atoms with Gasteiger partial charge in [0, 0.05) is 9.13 Å². The van der Waals surface area contributed by atoms with Crippen molar-refractivity contribution >= 4 is 45.3 Å². The first-order chi connectivity index (χ1) is 12.2. The highest BCUT2D eigenvalue weighted by Crippen LogP contribution is 2.31. The van der Waals surface area contributed by atoms with Crippen LogP contribution in [0.5, 0.6) is 5.95 Å². The Bertz CT molecular complexity index is 1080. The number of para-hydroxylation sites is 1. The van der Waals surface area contributed by atoms with E-state index in [4.69, 9.17) is 4.42 Å². The Balaban J connectivity index is 1.74. The molecule has 0 radical (unpaired) electrons. The third kappa shape index (κ3) is 3.15. The van der Waals surface area contributed by atoms with Crippen molar-refractivity contribution in [1.29, 1.82) is 0 Å². The van der Waals surface area contributed by atoms with Gasteiger partial charge in [0.2, 0.25) is 5.89 Å². The van der Waals surface area contributed by atoms with E-state index in [1.807, 2.05) is 66.7 Å². The number of hydrogen-bond acceptors (Lipinski definition) is 4. The average Bonchev–Trinajstić information content (AvgIpc) is 3.01. The highest BCUT2D eigenvalue weighted by Gasteiger charge is 2.14. The van der Waals surface area contributed by atoms with Gasteiger partial charge in [-0.15, -0.1) is 0 Å². The number of halogens is 1. The van der Waals surface area contributed by atoms with E-state index in [9.17, 15) is 5.11 Å². The molecule has 0 spiro atoms. The lowest BCUT2D eigenvalue weighted by Gasteiger charge is -2.01. The van der Waals surface area contributed by atoms with Crippen LogP contribution in [-0.4, -0.2) is 16.3 Å². The van der Waals surface area contributed by atoms with Crippen LogP contribution in [0.1, 0.15) is 5.69 Å². The van der Waals surface area contributed by atoms with Crippen molar-refractivity contribution in [1.82, 2.24) is 4.98 Å². The van der Waals surface area contributed by atoms with E-state index in [2.05, 4.69) is 32.6 Å². The van der Waals surface area contributed by atoms with Gasteiger partial charge in [0.05, 0.1) is 11.9 Å². The van der Waals surface area contributed by atoms with Gasteiger partial charge in [-0.1, -0.05) is 48.5 Å². The van der Waals surface area contributed by atoms with E-state index in [0.717, 1.165) is 25.6 Å². The summed E-state index contributed by atoms with van der Waals surface area (Å²) in [7, 11) is 0. The van der Waals surface area contributed by atoms with Crippen LogP contribution in [0.15, 0.2) is 76.1 Å². The summed E-state index contributed by atoms with van der Waals surface area (Å²) in [5, 5.41) is 12.2. The third-order valence-corrected chi connectivity index (χ3v) is 4.75. The molecule has 0 aliphatic carbocycles. The van der Waals surface area contributed by atoms with Crippen LogP contribution in [0.4, 0.5) is 5.69 Å². The van der Waals surface area contributed by atoms with Crippen LogP contribution in [0.3, 0.4) is 0 Å². The molecule has 0 amide bonds. The lowest BCUT2D eigenvalue weighted by molar-refractivity contribution is 0.337. The number of fused-ring (bicyclic) bond motifs is 1. The van der Waals surface area contributed by atoms with Gasteiger partial charge in [0.1, 0.15) is 0 Å². The Morgan fingerprint density at radius 3 is 2.60 bits per heavy atom. The predicted octanol–water partition coefficient (Wildman–Crippen LogP) is 5.56. The summed E-state index contributed by atoms with van der Waals surface area (Å²) in [6, 6.07) is 21.6. The summed E-state index contributed by atoms with van der Waals surface area (Å²) in [6.07, 6.45) is 1.52. The molecule has 4 rings (SSSR count). The first kappa shape index (κ1) is 15.8. The molecule has 3 aromatic carbocycles. The SMILES string of the molecule is Oc1oc(-c2cccc3ccccc23)nc1C=Nc1ccccc1I. The van der Waals surface area contributed by atoms with Crippen LogP contribution >= 0.6 is 22.6 Å². The van der Waals surface area contributed by atoms with Gasteiger partial charge in [-0.3, -0.25) is 4.99 Å². The molecule has 122 valence electrons. The number of benzene rings is 3. The maximum Gasteiger partial charge on any atom is 0.312 e. The van der Waals surface area contributed by atoms with E-state index < -0.39 is 0 Å². The number of nitrogens with zero attached hydrogens (tertiary/aromatic N) is 2. The van der Waals surface area contributed by atoms with Gasteiger partial charge in [0.15, 0.2) is 5.69 Å². The highest BCUT2D eigenvalue weighted by molar-refractivity contribution is 14.1. The molecule has 0 aliphatic heterocycles. The number of aromatic hydroxyl groups is 1. The minimum absolute atomic E-state index is 0.238. The first-order valence-corrected chi connectivity index (χ1v) is 8.77. The number of aliphatic imine (C=N–C) groups is 1. The molecular formula is C20H13IN2O2. The summed E-state index contributed by atoms with van der Waals surface area (Å²) < 4.78 is 6.50. The Morgan fingerprint density at radius 1 is 0.960 bits per heavy atom. The van der Waals surface area contributed by atoms with Gasteiger partial charge in [-0.25, -0.2) is 4.98 Å². The summed E-state index contributed by atoms with van der Waals surface area (Å²) >= 11 is 2.22. The second kappa shape index (κ2) is 6.68. The molecule has 0 fully saturated rings. The molecule has 0 saturated carbocycles. The molecule has 4 nitrogen and oxygen atoms in total. The fourth-order valence-corrected chi connectivity index (χ4v) is 3.15. The molecule has 0 saturated heterocycles. The maximum atomic E-state index is 10.1. The van der Waals surface area contributed by atoms with Crippen molar-refractivity contribution in [3.8, 4) is 17.4 Å². The minimum Gasteiger partial charge on any atom is -0.479 e. The zero-order valence-corrected chi connectivity index (χ0v) is 15.2. The van der Waals surface area contributed by atoms with Gasteiger partial charge >= 0.3 is 5.95 Å². The van der Waals surface area contributed by atoms with Crippen molar-refractivity contribution in [2.75, 3.05) is 0 Å². The van der Waals surface area contributed by atoms with Crippen LogP contribution < -0.4 is 0 Å². The molecule has 1 heterocycles. The van der Waals surface area contributed by atoms with Crippen molar-refractivity contribution in [2.45, 2.75) is 0 Å². The predicted molar refractivity (Wildman–Crippen MR) is 108 cm³/mol. The van der Waals surface area contributed by atoms with Crippen molar-refractivity contribution in [3.05, 3.63) is 76.0 Å². The number of rotatable bonds is 3. The summed E-state index contributed by atoms with van der Waals surface area (Å²) in [5.74, 6) is 0.135. The molecular weight excluding hydrogens is 427 g/mol. The summed E-state index contributed by atoms with van der Waals surface area (Å²) in [5.41, 5.74) is 1.96. The second-order valence-electron chi connectivity index (χ2n) is 5.45. The van der Waals surface area contributed by atoms with E-state index >= 15 is 0 Å². The topological polar surface area (TPSA) is 58.6 Å². The monoisotopic (exact) mass is 440 g/mol. The Labute approximate surface area is 158 Å². The molecule has 0 unspecified atom stereocenters. The van der Waals surface area contributed by atoms with E-state index in [1.54, 1.807) is 0 Å². The Hall–Kier alpha value is -2.67. The summed E-state index contributed by atoms with van der Waals surface area (Å²) in [4.78, 5) is 8.80. The molecule has 5 heteroatoms. The van der Waals surface area contributed by atoms with Gasteiger partial charge in [0.25, 0.3) is 0 Å². The Kier molecular flexibility index (Phi) is 4.23. The van der Waals surface area contributed by atoms with E-state index in [-0.39, 0.29) is 5.95 Å². The van der Waals surface area contributed by atoms with Crippen LogP contribution in [-0.2, 0) is 0 Å². The molecule has 25 heavy (non-hydrogen) atoms. The average molecular weight is 440 g/mol. The van der Waals surface area contributed by atoms with Crippen LogP contribution in [0, 0.1) is 3.57 Å². The fourth-order valence-electron chi connectivity index (χ4n) is 2.62. The summed E-state index contributed by atoms with van der Waals surface area (Å²) in [6.45, 7) is 0. The lowest BCUT2D eigenvalue weighted by Crippen LogP contribution is -1.84. The van der Waals surface area contributed by atoms with Gasteiger partial charge in [-0.2, -0.15) is 0 Å². The zero-order valence-electron chi connectivity index (χ0n) is 13.1. The molecule has 1 N–H and O–H groups in total. The van der Waals surface area contributed by atoms with Crippen molar-refractivity contribution in [3.63, 3.8) is 0 Å². The van der Waals surface area contributed by atoms with Gasteiger partial charge in [-0.05, 0) is 51.6 Å². The fraction of sp³-hybridized carbons (Fsp3) is 0. The number of oxazole rings is 1. The van der Waals surface area contributed by atoms with Crippen LogP contribution in [0.2, 0.25) is 0 Å². The molecule has 0 bridgehead atoms. The largest absolute Gasteiger partial charge is 0.479 e. The highest BCUT2D eigenvalue weighted by atomic mass is 127. The lowest BCUT2D eigenvalue weighted by atomic mass is 10.0. The standard InChI is InChI=1S/C20H13IN2O2/c21-16-10-3-4-11-17(16)22-12-18-20(24)25-19(23-18)15-9-5-7-13-6-1-2-8-14(13)15/h1-12,24H. The molecule has 0 atom stereocenters. The van der Waals surface area contributed by atoms with Crippen molar-refractivity contribution in [2.24, 2.45) is 4.99 Å². The minimum atomic E-state index is -0.238. The second-order valence-corrected chi connectivity index (χ2v) is 6.61. The quantitative estimate of drug-likeness (QED) is 0.336. The number of hydrogen-bond donors (Lipinski definition) is 1.